The van der Waals surface area contributed by atoms with E-state index in [9.17, 15) is 4.79 Å². The lowest BCUT2D eigenvalue weighted by molar-refractivity contribution is -0.115. The number of hydrogen-bond acceptors (Lipinski definition) is 4. The Morgan fingerprint density at radius 2 is 2.21 bits per heavy atom. The molecule has 1 saturated heterocycles. The summed E-state index contributed by atoms with van der Waals surface area (Å²) in [5, 5.41) is 5.65. The summed E-state index contributed by atoms with van der Waals surface area (Å²) in [7, 11) is 1.62. The van der Waals surface area contributed by atoms with Gasteiger partial charge in [-0.1, -0.05) is 6.07 Å². The normalized spacial score (nSPS) is 17.2. The summed E-state index contributed by atoms with van der Waals surface area (Å²) in [5.41, 5.74) is 3.12. The first-order valence-electron chi connectivity index (χ1n) is 7.64. The fourth-order valence-corrected chi connectivity index (χ4v) is 2.45. The Morgan fingerprint density at radius 1 is 1.38 bits per heavy atom. The Balaban J connectivity index is 1.92. The van der Waals surface area contributed by atoms with Crippen LogP contribution in [-0.2, 0) is 4.79 Å². The number of carbonyl (C=O) groups excluding carboxylic acids is 1. The SMILES string of the molecule is CC/N=C1/NC(=O)/C(=C/c2ccc(-n3cnc(C)c3)c(OC)c2)N1. The average molecular weight is 325 g/mol. The van der Waals surface area contributed by atoms with Crippen molar-refractivity contribution >= 4 is 17.9 Å². The Kier molecular flexibility index (Phi) is 4.33. The third-order valence-electron chi connectivity index (χ3n) is 3.55. The van der Waals surface area contributed by atoms with Crippen LogP contribution >= 0.6 is 0 Å². The zero-order chi connectivity index (χ0) is 17.1. The van der Waals surface area contributed by atoms with Gasteiger partial charge < -0.3 is 14.6 Å². The molecule has 1 amide bonds. The number of guanidine groups is 1. The van der Waals surface area contributed by atoms with Crippen molar-refractivity contribution in [2.75, 3.05) is 13.7 Å². The Labute approximate surface area is 140 Å². The largest absolute Gasteiger partial charge is 0.495 e. The number of carbonyl (C=O) groups is 1. The average Bonchev–Trinajstić information content (AvgIpc) is 3.14. The molecule has 1 aromatic carbocycles. The molecule has 1 fully saturated rings. The summed E-state index contributed by atoms with van der Waals surface area (Å²) in [4.78, 5) is 20.3. The fourth-order valence-electron chi connectivity index (χ4n) is 2.45. The molecule has 0 radical (unpaired) electrons. The molecule has 1 aliphatic rings. The standard InChI is InChI=1S/C17H19N5O2/c1-4-18-17-20-13(16(23)21-17)7-12-5-6-14(15(8-12)24-3)22-9-11(2)19-10-22/h5-10H,4H2,1-3H3,(H2,18,20,21,23)/b13-7-. The van der Waals surface area contributed by atoms with Crippen LogP contribution in [0.5, 0.6) is 5.75 Å². The van der Waals surface area contributed by atoms with E-state index in [0.29, 0.717) is 24.0 Å². The molecule has 2 heterocycles. The second-order valence-electron chi connectivity index (χ2n) is 5.31. The molecular weight excluding hydrogens is 306 g/mol. The van der Waals surface area contributed by atoms with E-state index in [1.54, 1.807) is 19.5 Å². The van der Waals surface area contributed by atoms with Crippen LogP contribution in [-0.4, -0.2) is 35.1 Å². The van der Waals surface area contributed by atoms with Crippen molar-refractivity contribution in [2.45, 2.75) is 13.8 Å². The number of nitrogens with one attached hydrogen (secondary N) is 2. The van der Waals surface area contributed by atoms with Crippen molar-refractivity contribution in [3.05, 3.63) is 47.7 Å². The predicted molar refractivity (Wildman–Crippen MR) is 92.1 cm³/mol. The third kappa shape index (κ3) is 3.15. The molecule has 1 aliphatic heterocycles. The molecule has 2 aromatic rings. The molecule has 0 atom stereocenters. The zero-order valence-corrected chi connectivity index (χ0v) is 13.8. The number of nitrogens with zero attached hydrogens (tertiary/aromatic N) is 3. The third-order valence-corrected chi connectivity index (χ3v) is 3.55. The second kappa shape index (κ2) is 6.57. The molecule has 3 rings (SSSR count). The fraction of sp³-hybridized carbons (Fsp3) is 0.235. The van der Waals surface area contributed by atoms with E-state index in [2.05, 4.69) is 20.6 Å². The molecule has 0 aliphatic carbocycles. The minimum absolute atomic E-state index is 0.199. The maximum Gasteiger partial charge on any atom is 0.274 e. The second-order valence-corrected chi connectivity index (χ2v) is 5.31. The van der Waals surface area contributed by atoms with Gasteiger partial charge in [-0.3, -0.25) is 15.1 Å². The van der Waals surface area contributed by atoms with Gasteiger partial charge in [-0.05, 0) is 37.6 Å². The number of aliphatic imine (C=N–C) groups is 1. The smallest absolute Gasteiger partial charge is 0.274 e. The predicted octanol–water partition coefficient (Wildman–Crippen LogP) is 1.63. The van der Waals surface area contributed by atoms with Crippen molar-refractivity contribution < 1.29 is 9.53 Å². The number of aryl methyl sites for hydroxylation is 1. The minimum Gasteiger partial charge on any atom is -0.495 e. The topological polar surface area (TPSA) is 80.5 Å². The lowest BCUT2D eigenvalue weighted by Crippen LogP contribution is -2.25. The van der Waals surface area contributed by atoms with Gasteiger partial charge in [0.1, 0.15) is 11.4 Å². The van der Waals surface area contributed by atoms with Crippen LogP contribution in [0, 0.1) is 6.92 Å². The van der Waals surface area contributed by atoms with Gasteiger partial charge in [0.25, 0.3) is 5.91 Å². The van der Waals surface area contributed by atoms with Gasteiger partial charge >= 0.3 is 0 Å². The minimum atomic E-state index is -0.199. The van der Waals surface area contributed by atoms with E-state index in [1.165, 1.54) is 0 Å². The summed E-state index contributed by atoms with van der Waals surface area (Å²) in [6.07, 6.45) is 5.43. The van der Waals surface area contributed by atoms with Crippen LogP contribution in [0.2, 0.25) is 0 Å². The molecule has 1 aromatic heterocycles. The van der Waals surface area contributed by atoms with Crippen molar-refractivity contribution in [1.29, 1.82) is 0 Å². The maximum atomic E-state index is 11.9. The van der Waals surface area contributed by atoms with E-state index in [-0.39, 0.29) is 5.91 Å². The van der Waals surface area contributed by atoms with Gasteiger partial charge in [-0.25, -0.2) is 4.98 Å². The van der Waals surface area contributed by atoms with Gasteiger partial charge in [0.05, 0.1) is 24.8 Å². The molecule has 0 spiro atoms. The van der Waals surface area contributed by atoms with Gasteiger partial charge in [-0.15, -0.1) is 0 Å². The van der Waals surface area contributed by atoms with E-state index >= 15 is 0 Å². The quantitative estimate of drug-likeness (QED) is 0.837. The Bertz CT molecular complexity index is 835. The highest BCUT2D eigenvalue weighted by atomic mass is 16.5. The highest BCUT2D eigenvalue weighted by Crippen LogP contribution is 2.25. The molecule has 2 N–H and O–H groups in total. The molecule has 0 unspecified atom stereocenters. The first-order valence-corrected chi connectivity index (χ1v) is 7.64. The van der Waals surface area contributed by atoms with Crippen LogP contribution in [0.1, 0.15) is 18.2 Å². The zero-order valence-electron chi connectivity index (χ0n) is 13.8. The summed E-state index contributed by atoms with van der Waals surface area (Å²) < 4.78 is 7.38. The Morgan fingerprint density at radius 3 is 2.88 bits per heavy atom. The molecule has 124 valence electrons. The molecule has 7 nitrogen and oxygen atoms in total. The summed E-state index contributed by atoms with van der Waals surface area (Å²) in [6, 6.07) is 5.73. The lowest BCUT2D eigenvalue weighted by atomic mass is 10.1. The number of hydrogen-bond donors (Lipinski definition) is 2. The molecule has 24 heavy (non-hydrogen) atoms. The number of methoxy groups -OCH3 is 1. The van der Waals surface area contributed by atoms with Crippen LogP contribution in [0.3, 0.4) is 0 Å². The molecule has 0 bridgehead atoms. The number of ether oxygens (including phenoxy) is 1. The molecule has 0 saturated carbocycles. The lowest BCUT2D eigenvalue weighted by Gasteiger charge is -2.10. The summed E-state index contributed by atoms with van der Waals surface area (Å²) in [6.45, 7) is 4.44. The first-order chi connectivity index (χ1) is 11.6. The number of rotatable bonds is 4. The molecular formula is C17H19N5O2. The number of aromatic nitrogens is 2. The number of benzene rings is 1. The highest BCUT2D eigenvalue weighted by Gasteiger charge is 2.21. The van der Waals surface area contributed by atoms with Crippen LogP contribution in [0.4, 0.5) is 0 Å². The first kappa shape index (κ1) is 15.8. The van der Waals surface area contributed by atoms with E-state index in [0.717, 1.165) is 16.9 Å². The van der Waals surface area contributed by atoms with Gasteiger partial charge in [0.2, 0.25) is 5.96 Å². The molecule has 7 heteroatoms. The van der Waals surface area contributed by atoms with Crippen molar-refractivity contribution in [2.24, 2.45) is 4.99 Å². The van der Waals surface area contributed by atoms with Crippen molar-refractivity contribution in [3.63, 3.8) is 0 Å². The monoisotopic (exact) mass is 325 g/mol. The Hall–Kier alpha value is -3.09. The van der Waals surface area contributed by atoms with Crippen molar-refractivity contribution in [3.8, 4) is 11.4 Å². The van der Waals surface area contributed by atoms with Crippen LogP contribution < -0.4 is 15.4 Å². The van der Waals surface area contributed by atoms with E-state index in [1.807, 2.05) is 42.8 Å². The van der Waals surface area contributed by atoms with Crippen LogP contribution in [0.15, 0.2) is 41.4 Å². The van der Waals surface area contributed by atoms with Gasteiger partial charge in [-0.2, -0.15) is 0 Å². The number of imidazole rings is 1. The van der Waals surface area contributed by atoms with E-state index in [4.69, 9.17) is 4.74 Å². The summed E-state index contributed by atoms with van der Waals surface area (Å²) >= 11 is 0. The van der Waals surface area contributed by atoms with Gasteiger partial charge in [0, 0.05) is 12.7 Å². The highest BCUT2D eigenvalue weighted by molar-refractivity contribution is 6.15. The van der Waals surface area contributed by atoms with Crippen molar-refractivity contribution in [1.82, 2.24) is 20.2 Å². The van der Waals surface area contributed by atoms with E-state index < -0.39 is 0 Å². The van der Waals surface area contributed by atoms with Crippen LogP contribution in [0.25, 0.3) is 11.8 Å². The number of amides is 1. The maximum absolute atomic E-state index is 11.9. The summed E-state index contributed by atoms with van der Waals surface area (Å²) in [5.74, 6) is 0.976. The van der Waals surface area contributed by atoms with Gasteiger partial charge in [0.15, 0.2) is 0 Å².